The number of hydrogen-bond donors (Lipinski definition) is 2. The van der Waals surface area contributed by atoms with Crippen molar-refractivity contribution in [2.75, 3.05) is 44.2 Å². The first-order valence-electron chi connectivity index (χ1n) is 9.42. The van der Waals surface area contributed by atoms with Crippen LogP contribution in [-0.4, -0.2) is 55.2 Å². The zero-order valence-electron chi connectivity index (χ0n) is 15.3. The van der Waals surface area contributed by atoms with Gasteiger partial charge in [-0.2, -0.15) is 0 Å². The highest BCUT2D eigenvalue weighted by Crippen LogP contribution is 2.28. The van der Waals surface area contributed by atoms with Gasteiger partial charge in [0.05, 0.1) is 11.6 Å². The topological polar surface area (TPSA) is 79.4 Å². The molecule has 7 heteroatoms. The van der Waals surface area contributed by atoms with E-state index >= 15 is 0 Å². The van der Waals surface area contributed by atoms with Crippen molar-refractivity contribution < 1.29 is 9.53 Å². The van der Waals surface area contributed by atoms with Crippen molar-refractivity contribution in [3.05, 3.63) is 17.1 Å². The fraction of sp³-hybridized carbons (Fsp3) is 0.722. The smallest absolute Gasteiger partial charge is 0.224 e. The van der Waals surface area contributed by atoms with Gasteiger partial charge < -0.3 is 20.3 Å². The Hall–Kier alpha value is -1.73. The summed E-state index contributed by atoms with van der Waals surface area (Å²) < 4.78 is 5.53. The van der Waals surface area contributed by atoms with E-state index in [1.165, 1.54) is 5.56 Å². The highest BCUT2D eigenvalue weighted by Gasteiger charge is 2.31. The molecule has 1 fully saturated rings. The average Bonchev–Trinajstić information content (AvgIpc) is 2.99. The molecule has 2 aliphatic rings. The normalized spacial score (nSPS) is 20.2. The third-order valence-electron chi connectivity index (χ3n) is 4.85. The molecular formula is C18H29N5O2. The maximum absolute atomic E-state index is 12.2. The summed E-state index contributed by atoms with van der Waals surface area (Å²) in [7, 11) is 0. The first kappa shape index (κ1) is 18.1. The number of hydrogen-bond acceptors (Lipinski definition) is 6. The van der Waals surface area contributed by atoms with Crippen LogP contribution in [0.25, 0.3) is 0 Å². The van der Waals surface area contributed by atoms with Gasteiger partial charge >= 0.3 is 0 Å². The molecule has 0 bridgehead atoms. The van der Waals surface area contributed by atoms with Gasteiger partial charge in [0.2, 0.25) is 5.91 Å². The van der Waals surface area contributed by atoms with Gasteiger partial charge in [-0.3, -0.25) is 4.79 Å². The number of carbonyl (C=O) groups excluding carboxylic acids is 1. The van der Waals surface area contributed by atoms with Gasteiger partial charge in [0.15, 0.2) is 5.82 Å². The molecule has 25 heavy (non-hydrogen) atoms. The first-order valence-corrected chi connectivity index (χ1v) is 9.42. The molecule has 0 saturated carbocycles. The van der Waals surface area contributed by atoms with Crippen molar-refractivity contribution in [2.24, 2.45) is 5.92 Å². The standard InChI is InChI=1S/C18H29N5O2/c1-3-20-18(24)13-7-10-23(11-13)17-14-5-8-19-9-6-15(14)21-16(22-17)12-25-4-2/h13,19H,3-12H2,1-2H3,(H,20,24)/t13-/m0/s1. The summed E-state index contributed by atoms with van der Waals surface area (Å²) in [5, 5.41) is 6.38. The summed E-state index contributed by atoms with van der Waals surface area (Å²) >= 11 is 0. The van der Waals surface area contributed by atoms with Crippen LogP contribution in [0.5, 0.6) is 0 Å². The molecule has 0 unspecified atom stereocenters. The number of nitrogens with zero attached hydrogens (tertiary/aromatic N) is 3. The molecule has 7 nitrogen and oxygen atoms in total. The number of ether oxygens (including phenoxy) is 1. The minimum atomic E-state index is 0.0461. The van der Waals surface area contributed by atoms with Gasteiger partial charge in [0.25, 0.3) is 0 Å². The summed E-state index contributed by atoms with van der Waals surface area (Å²) in [6.45, 7) is 9.21. The van der Waals surface area contributed by atoms with E-state index in [0.29, 0.717) is 19.8 Å². The fourth-order valence-electron chi connectivity index (χ4n) is 3.58. The van der Waals surface area contributed by atoms with E-state index in [2.05, 4.69) is 15.5 Å². The van der Waals surface area contributed by atoms with Crippen LogP contribution in [0.1, 0.15) is 37.4 Å². The molecule has 0 spiro atoms. The molecule has 0 aliphatic carbocycles. The molecule has 3 heterocycles. The second kappa shape index (κ2) is 8.58. The van der Waals surface area contributed by atoms with Crippen LogP contribution >= 0.6 is 0 Å². The van der Waals surface area contributed by atoms with Crippen molar-refractivity contribution in [3.8, 4) is 0 Å². The predicted molar refractivity (Wildman–Crippen MR) is 96.6 cm³/mol. The van der Waals surface area contributed by atoms with Gasteiger partial charge in [0, 0.05) is 44.8 Å². The van der Waals surface area contributed by atoms with E-state index in [1.54, 1.807) is 0 Å². The number of fused-ring (bicyclic) bond motifs is 1. The monoisotopic (exact) mass is 347 g/mol. The quantitative estimate of drug-likeness (QED) is 0.787. The second-order valence-corrected chi connectivity index (χ2v) is 6.60. The van der Waals surface area contributed by atoms with Gasteiger partial charge in [-0.25, -0.2) is 9.97 Å². The summed E-state index contributed by atoms with van der Waals surface area (Å²) in [4.78, 5) is 24.0. The molecule has 3 rings (SSSR count). The number of nitrogens with one attached hydrogen (secondary N) is 2. The number of carbonyl (C=O) groups is 1. The van der Waals surface area contributed by atoms with Crippen molar-refractivity contribution in [2.45, 2.75) is 39.7 Å². The van der Waals surface area contributed by atoms with Gasteiger partial charge in [0.1, 0.15) is 12.4 Å². The lowest BCUT2D eigenvalue weighted by atomic mass is 10.1. The summed E-state index contributed by atoms with van der Waals surface area (Å²) in [6.07, 6.45) is 2.73. The van der Waals surface area contributed by atoms with Gasteiger partial charge in [-0.1, -0.05) is 0 Å². The zero-order valence-corrected chi connectivity index (χ0v) is 15.3. The number of anilines is 1. The van der Waals surface area contributed by atoms with Crippen LogP contribution in [0.4, 0.5) is 5.82 Å². The zero-order chi connectivity index (χ0) is 17.6. The molecule has 2 N–H and O–H groups in total. The molecule has 1 aromatic rings. The summed E-state index contributed by atoms with van der Waals surface area (Å²) in [6, 6.07) is 0. The average molecular weight is 347 g/mol. The molecule has 138 valence electrons. The van der Waals surface area contributed by atoms with Crippen molar-refractivity contribution in [1.29, 1.82) is 0 Å². The van der Waals surface area contributed by atoms with Gasteiger partial charge in [-0.15, -0.1) is 0 Å². The van der Waals surface area contributed by atoms with Crippen LogP contribution in [0, 0.1) is 5.92 Å². The highest BCUT2D eigenvalue weighted by atomic mass is 16.5. The van der Waals surface area contributed by atoms with E-state index in [9.17, 15) is 4.79 Å². The van der Waals surface area contributed by atoms with Crippen LogP contribution in [0.15, 0.2) is 0 Å². The Morgan fingerprint density at radius 2 is 2.16 bits per heavy atom. The molecule has 1 aromatic heterocycles. The maximum Gasteiger partial charge on any atom is 0.224 e. The Bertz CT molecular complexity index is 607. The largest absolute Gasteiger partial charge is 0.374 e. The first-order chi connectivity index (χ1) is 12.2. The minimum Gasteiger partial charge on any atom is -0.374 e. The molecule has 0 radical (unpaired) electrons. The SMILES string of the molecule is CCNC(=O)[C@H]1CCN(c2nc(COCC)nc3c2CCNCC3)C1. The fourth-order valence-corrected chi connectivity index (χ4v) is 3.58. The van der Waals surface area contributed by atoms with Gasteiger partial charge in [-0.05, 0) is 33.2 Å². The molecule has 0 aromatic carbocycles. The molecular weight excluding hydrogens is 318 g/mol. The molecule has 2 aliphatic heterocycles. The van der Waals surface area contributed by atoms with Crippen molar-refractivity contribution >= 4 is 11.7 Å². The van der Waals surface area contributed by atoms with E-state index in [0.717, 1.165) is 62.8 Å². The minimum absolute atomic E-state index is 0.0461. The Morgan fingerprint density at radius 1 is 1.32 bits per heavy atom. The lowest BCUT2D eigenvalue weighted by Gasteiger charge is -2.22. The Balaban J connectivity index is 1.85. The van der Waals surface area contributed by atoms with Crippen LogP contribution < -0.4 is 15.5 Å². The Kier molecular flexibility index (Phi) is 6.20. The molecule has 1 amide bonds. The lowest BCUT2D eigenvalue weighted by molar-refractivity contribution is -0.124. The third-order valence-corrected chi connectivity index (χ3v) is 4.85. The van der Waals surface area contributed by atoms with Crippen molar-refractivity contribution in [3.63, 3.8) is 0 Å². The number of amides is 1. The van der Waals surface area contributed by atoms with Crippen LogP contribution in [-0.2, 0) is 29.0 Å². The number of aromatic nitrogens is 2. The predicted octanol–water partition coefficient (Wildman–Crippen LogP) is 0.664. The Morgan fingerprint density at radius 3 is 2.96 bits per heavy atom. The van der Waals surface area contributed by atoms with E-state index in [1.807, 2.05) is 13.8 Å². The van der Waals surface area contributed by atoms with E-state index in [-0.39, 0.29) is 11.8 Å². The number of rotatable bonds is 6. The third kappa shape index (κ3) is 4.27. The Labute approximate surface area is 149 Å². The second-order valence-electron chi connectivity index (χ2n) is 6.60. The van der Waals surface area contributed by atoms with E-state index < -0.39 is 0 Å². The summed E-state index contributed by atoms with van der Waals surface area (Å²) in [5.41, 5.74) is 2.37. The van der Waals surface area contributed by atoms with Crippen molar-refractivity contribution in [1.82, 2.24) is 20.6 Å². The molecule has 1 saturated heterocycles. The lowest BCUT2D eigenvalue weighted by Crippen LogP contribution is -2.33. The van der Waals surface area contributed by atoms with Crippen LogP contribution in [0.3, 0.4) is 0 Å². The molecule has 1 atom stereocenters. The van der Waals surface area contributed by atoms with E-state index in [4.69, 9.17) is 14.7 Å². The maximum atomic E-state index is 12.2. The highest BCUT2D eigenvalue weighted by molar-refractivity contribution is 5.80. The van der Waals surface area contributed by atoms with Crippen LogP contribution in [0.2, 0.25) is 0 Å². The summed E-state index contributed by atoms with van der Waals surface area (Å²) in [5.74, 6) is 1.96.